The van der Waals surface area contributed by atoms with E-state index in [0.29, 0.717) is 0 Å². The molecule has 0 atom stereocenters. The second-order valence-corrected chi connectivity index (χ2v) is 3.75. The van der Waals surface area contributed by atoms with Gasteiger partial charge in [0, 0.05) is 0 Å². The molecule has 2 rings (SSSR count). The quantitative estimate of drug-likeness (QED) is 0.663. The predicted molar refractivity (Wildman–Crippen MR) is 66.0 cm³/mol. The molecule has 0 radical (unpaired) electrons. The third kappa shape index (κ3) is 5.20. The Morgan fingerprint density at radius 2 is 1.74 bits per heavy atom. The van der Waals surface area contributed by atoms with E-state index < -0.39 is 0 Å². The molecule has 4 nitrogen and oxygen atoms in total. The number of hydrogen-bond acceptors (Lipinski definition) is 2. The van der Waals surface area contributed by atoms with Gasteiger partial charge < -0.3 is 17.0 Å². The van der Waals surface area contributed by atoms with Gasteiger partial charge in [0.1, 0.15) is 18.1 Å². The monoisotopic (exact) mass is 324 g/mol. The molecule has 1 aromatic heterocycles. The number of aryl methyl sites for hydroxylation is 2. The van der Waals surface area contributed by atoms with Gasteiger partial charge in [-0.3, -0.25) is 0 Å². The highest BCUT2D eigenvalue weighted by Gasteiger charge is 2.04. The van der Waals surface area contributed by atoms with Gasteiger partial charge >= 0.3 is 6.15 Å². The molecule has 0 N–H and O–H groups in total. The Bertz CT molecular complexity index is 514. The third-order valence-electron chi connectivity index (χ3n) is 2.70. The molecule has 0 bridgehead atoms. The van der Waals surface area contributed by atoms with Crippen molar-refractivity contribution in [2.45, 2.75) is 26.8 Å². The first-order valence-electron chi connectivity index (χ1n) is 5.90. The van der Waals surface area contributed by atoms with Crippen LogP contribution < -0.4 is 21.5 Å². The van der Waals surface area contributed by atoms with Crippen molar-refractivity contribution in [3.63, 3.8) is 0 Å². The van der Waals surface area contributed by atoms with Crippen molar-refractivity contribution >= 4 is 6.15 Å². The van der Waals surface area contributed by atoms with Gasteiger partial charge in [0.05, 0.1) is 6.54 Å². The average Bonchev–Trinajstić information content (AvgIpc) is 2.88. The van der Waals surface area contributed by atoms with Crippen LogP contribution in [0.3, 0.4) is 0 Å². The summed E-state index contributed by atoms with van der Waals surface area (Å²) in [6.45, 7) is 5.33. The van der Waals surface area contributed by atoms with Crippen LogP contribution in [0.2, 0.25) is 0 Å². The van der Waals surface area contributed by atoms with Gasteiger partial charge in [-0.2, -0.15) is 9.59 Å². The molecule has 0 saturated heterocycles. The number of halogens is 1. The van der Waals surface area contributed by atoms with Gasteiger partial charge in [-0.15, -0.1) is 0 Å². The fraction of sp³-hybridized carbons (Fsp3) is 0.286. The minimum Gasteiger partial charge on any atom is -1.00 e. The molecule has 0 spiro atoms. The minimum atomic E-state index is 0. The van der Waals surface area contributed by atoms with Gasteiger partial charge in [-0.25, -0.2) is 9.13 Å². The Balaban J connectivity index is 0.000000742. The van der Waals surface area contributed by atoms with E-state index in [1.807, 2.05) is 0 Å². The van der Waals surface area contributed by atoms with Crippen molar-refractivity contribution in [2.24, 2.45) is 0 Å². The van der Waals surface area contributed by atoms with Crippen LogP contribution in [0, 0.1) is 0 Å². The molecule has 19 heavy (non-hydrogen) atoms. The second kappa shape index (κ2) is 9.25. The standard InChI is InChI=1S/C13H17N2.CO2.BrH/c1-3-12-5-7-13(8-6-12)15-10-9-14(4-2)11-15;2-1-3;/h5-11H,3-4H2,1-2H3;;1H/q+1;;/p-1. The molecule has 0 aliphatic rings. The van der Waals surface area contributed by atoms with Crippen molar-refractivity contribution in [1.82, 2.24) is 4.57 Å². The van der Waals surface area contributed by atoms with E-state index in [1.54, 1.807) is 0 Å². The van der Waals surface area contributed by atoms with Crippen LogP contribution in [0.4, 0.5) is 0 Å². The lowest BCUT2D eigenvalue weighted by molar-refractivity contribution is -0.692. The molecule has 1 aromatic carbocycles. The number of aromatic nitrogens is 2. The van der Waals surface area contributed by atoms with E-state index in [9.17, 15) is 0 Å². The van der Waals surface area contributed by atoms with E-state index in [-0.39, 0.29) is 23.1 Å². The maximum absolute atomic E-state index is 8.12. The highest BCUT2D eigenvalue weighted by Crippen LogP contribution is 2.08. The summed E-state index contributed by atoms with van der Waals surface area (Å²) in [5, 5.41) is 0. The Morgan fingerprint density at radius 3 is 2.16 bits per heavy atom. The molecule has 0 unspecified atom stereocenters. The molecule has 5 heteroatoms. The van der Waals surface area contributed by atoms with Gasteiger partial charge in [0.15, 0.2) is 0 Å². The van der Waals surface area contributed by atoms with E-state index in [0.717, 1.165) is 13.0 Å². The highest BCUT2D eigenvalue weighted by atomic mass is 79.9. The SMILES string of the molecule is CCc1ccc(-n2cc[n+](CC)c2)cc1.O=C=O.[Br-]. The lowest BCUT2D eigenvalue weighted by atomic mass is 10.1. The van der Waals surface area contributed by atoms with E-state index in [2.05, 4.69) is 66.0 Å². The number of nitrogens with zero attached hydrogens (tertiary/aromatic N) is 2. The van der Waals surface area contributed by atoms with E-state index >= 15 is 0 Å². The molecule has 2 aromatic rings. The normalized spacial score (nSPS) is 8.74. The maximum Gasteiger partial charge on any atom is 0.373 e. The number of carbonyl (C=O) groups excluding carboxylic acids is 2. The second-order valence-electron chi connectivity index (χ2n) is 3.75. The maximum atomic E-state index is 8.12. The minimum absolute atomic E-state index is 0. The average molecular weight is 325 g/mol. The number of benzene rings is 1. The zero-order chi connectivity index (χ0) is 13.4. The van der Waals surface area contributed by atoms with Crippen molar-refractivity contribution < 1.29 is 31.1 Å². The van der Waals surface area contributed by atoms with Gasteiger partial charge in [0.2, 0.25) is 6.33 Å². The summed E-state index contributed by atoms with van der Waals surface area (Å²) in [6.07, 6.45) is 7.64. The Labute approximate surface area is 123 Å². The van der Waals surface area contributed by atoms with Crippen LogP contribution in [0.25, 0.3) is 5.69 Å². The molecular weight excluding hydrogens is 308 g/mol. The van der Waals surface area contributed by atoms with Crippen LogP contribution in [-0.2, 0) is 22.6 Å². The summed E-state index contributed by atoms with van der Waals surface area (Å²) >= 11 is 0. The van der Waals surface area contributed by atoms with Crippen molar-refractivity contribution in [3.05, 3.63) is 48.5 Å². The largest absolute Gasteiger partial charge is 1.00 e. The molecule has 0 amide bonds. The number of hydrogen-bond donors (Lipinski definition) is 0. The first-order chi connectivity index (χ1) is 8.74. The molecule has 0 saturated carbocycles. The molecule has 102 valence electrons. The van der Waals surface area contributed by atoms with E-state index in [1.165, 1.54) is 11.3 Å². The van der Waals surface area contributed by atoms with Gasteiger partial charge in [-0.1, -0.05) is 19.1 Å². The fourth-order valence-electron chi connectivity index (χ4n) is 1.64. The Morgan fingerprint density at radius 1 is 1.16 bits per heavy atom. The summed E-state index contributed by atoms with van der Waals surface area (Å²) in [7, 11) is 0. The smallest absolute Gasteiger partial charge is 0.373 e. The molecule has 0 aliphatic heterocycles. The first-order valence-corrected chi connectivity index (χ1v) is 5.90. The molecule has 0 aliphatic carbocycles. The Hall–Kier alpha value is -1.71. The van der Waals surface area contributed by atoms with Crippen molar-refractivity contribution in [3.8, 4) is 5.69 Å². The zero-order valence-electron chi connectivity index (χ0n) is 11.0. The Kier molecular flexibility index (Phi) is 8.42. The van der Waals surface area contributed by atoms with Crippen LogP contribution in [-0.4, -0.2) is 10.7 Å². The lowest BCUT2D eigenvalue weighted by Crippen LogP contribution is -3.00. The summed E-state index contributed by atoms with van der Waals surface area (Å²) in [4.78, 5) is 16.2. The van der Waals surface area contributed by atoms with Crippen molar-refractivity contribution in [1.29, 1.82) is 0 Å². The van der Waals surface area contributed by atoms with Crippen LogP contribution in [0.1, 0.15) is 19.4 Å². The zero-order valence-corrected chi connectivity index (χ0v) is 12.6. The molecule has 0 fully saturated rings. The fourth-order valence-corrected chi connectivity index (χ4v) is 1.64. The van der Waals surface area contributed by atoms with Crippen LogP contribution >= 0.6 is 0 Å². The summed E-state index contributed by atoms with van der Waals surface area (Å²) in [5.74, 6) is 0. The first kappa shape index (κ1) is 17.3. The van der Waals surface area contributed by atoms with Crippen molar-refractivity contribution in [2.75, 3.05) is 0 Å². The summed E-state index contributed by atoms with van der Waals surface area (Å²) < 4.78 is 4.30. The van der Waals surface area contributed by atoms with Gasteiger partial charge in [0.25, 0.3) is 0 Å². The third-order valence-corrected chi connectivity index (χ3v) is 2.70. The summed E-state index contributed by atoms with van der Waals surface area (Å²) in [6, 6.07) is 8.70. The number of rotatable bonds is 3. The summed E-state index contributed by atoms with van der Waals surface area (Å²) in [5.41, 5.74) is 2.61. The lowest BCUT2D eigenvalue weighted by Gasteiger charge is -1.97. The number of imidazole rings is 1. The molecular formula is C14H17BrN2O2. The topological polar surface area (TPSA) is 43.0 Å². The van der Waals surface area contributed by atoms with Crippen LogP contribution in [0.5, 0.6) is 0 Å². The van der Waals surface area contributed by atoms with Crippen LogP contribution in [0.15, 0.2) is 43.0 Å². The van der Waals surface area contributed by atoms with E-state index in [4.69, 9.17) is 9.59 Å². The predicted octanol–water partition coefficient (Wildman–Crippen LogP) is -1.23. The highest BCUT2D eigenvalue weighted by molar-refractivity contribution is 5.34. The van der Waals surface area contributed by atoms with Gasteiger partial charge in [-0.05, 0) is 31.0 Å². The molecule has 1 heterocycles.